The first-order valence-corrected chi connectivity index (χ1v) is 11.9. The predicted molar refractivity (Wildman–Crippen MR) is 126 cm³/mol. The lowest BCUT2D eigenvalue weighted by molar-refractivity contribution is -0.121. The number of amides is 1. The van der Waals surface area contributed by atoms with Crippen LogP contribution < -0.4 is 10.7 Å². The van der Waals surface area contributed by atoms with Crippen molar-refractivity contribution in [3.05, 3.63) is 99.4 Å². The number of sulfone groups is 1. The number of carbonyl (C=O) groups excluding carboxylic acids is 1. The van der Waals surface area contributed by atoms with Crippen LogP contribution in [-0.2, 0) is 27.7 Å². The van der Waals surface area contributed by atoms with Gasteiger partial charge in [0.25, 0.3) is 0 Å². The average molecular weight is 482 g/mol. The van der Waals surface area contributed by atoms with E-state index in [9.17, 15) is 18.0 Å². The number of fused-ring (bicyclic) bond motifs is 1. The molecule has 33 heavy (non-hydrogen) atoms. The van der Waals surface area contributed by atoms with Crippen LogP contribution in [0.4, 0.5) is 0 Å². The Kier molecular flexibility index (Phi) is 6.31. The number of aryl methyl sites for hydroxylation is 1. The highest BCUT2D eigenvalue weighted by atomic mass is 35.5. The first-order valence-electron chi connectivity index (χ1n) is 10.1. The molecule has 0 aliphatic carbocycles. The van der Waals surface area contributed by atoms with Crippen LogP contribution in [-0.4, -0.2) is 23.9 Å². The summed E-state index contributed by atoms with van der Waals surface area (Å²) < 4.78 is 27.8. The van der Waals surface area contributed by atoms with Gasteiger partial charge in [0.1, 0.15) is 17.1 Å². The summed E-state index contributed by atoms with van der Waals surface area (Å²) in [6, 6.07) is 17.9. The van der Waals surface area contributed by atoms with Gasteiger partial charge < -0.3 is 9.88 Å². The van der Waals surface area contributed by atoms with Crippen molar-refractivity contribution in [1.82, 2.24) is 14.9 Å². The fourth-order valence-corrected chi connectivity index (χ4v) is 4.90. The van der Waals surface area contributed by atoms with Gasteiger partial charge in [0.05, 0.1) is 10.3 Å². The number of pyridine rings is 2. The molecule has 0 atom stereocenters. The molecule has 1 amide bonds. The largest absolute Gasteiger partial charge is 0.350 e. The molecule has 0 fully saturated rings. The number of hydrogen-bond donors (Lipinski definition) is 1. The Hall–Kier alpha value is -3.49. The molecular weight excluding hydrogens is 462 g/mol. The summed E-state index contributed by atoms with van der Waals surface area (Å²) in [5.41, 5.74) is 1.09. The van der Waals surface area contributed by atoms with Gasteiger partial charge in [-0.3, -0.25) is 9.59 Å². The highest BCUT2D eigenvalue weighted by Crippen LogP contribution is 2.20. The van der Waals surface area contributed by atoms with E-state index in [0.29, 0.717) is 10.7 Å². The van der Waals surface area contributed by atoms with E-state index in [-0.39, 0.29) is 34.9 Å². The van der Waals surface area contributed by atoms with Crippen molar-refractivity contribution in [1.29, 1.82) is 0 Å². The molecule has 2 aromatic heterocycles. The second kappa shape index (κ2) is 9.17. The number of carbonyl (C=O) groups is 1. The zero-order valence-electron chi connectivity index (χ0n) is 17.7. The molecule has 0 unspecified atom stereocenters. The zero-order valence-corrected chi connectivity index (χ0v) is 19.2. The summed E-state index contributed by atoms with van der Waals surface area (Å²) in [6.07, 6.45) is 1.20. The van der Waals surface area contributed by atoms with Crippen LogP contribution in [0, 0.1) is 6.92 Å². The smallest absolute Gasteiger partial charge is 0.240 e. The van der Waals surface area contributed by atoms with Crippen LogP contribution in [0.15, 0.2) is 87.5 Å². The predicted octanol–water partition coefficient (Wildman–Crippen LogP) is 3.51. The van der Waals surface area contributed by atoms with Gasteiger partial charge in [0, 0.05) is 23.5 Å². The van der Waals surface area contributed by atoms with Gasteiger partial charge in [-0.2, -0.15) is 0 Å². The second-order valence-corrected chi connectivity index (χ2v) is 9.85. The summed E-state index contributed by atoms with van der Waals surface area (Å²) in [6.45, 7) is 1.82. The fourth-order valence-electron chi connectivity index (χ4n) is 3.39. The molecule has 0 saturated heterocycles. The molecular formula is C24H20ClN3O4S. The standard InChI is InChI=1S/C24H20ClN3O4S/c1-16-7-12-20-23(30)21(33(31,32)19-5-3-2-4-6-19)14-28(24(20)27-16)15-22(29)26-13-17-8-10-18(25)11-9-17/h2-12,14H,13,15H2,1H3,(H,26,29). The Morgan fingerprint density at radius 1 is 1.03 bits per heavy atom. The van der Waals surface area contributed by atoms with Gasteiger partial charge >= 0.3 is 0 Å². The molecule has 4 rings (SSSR count). The van der Waals surface area contributed by atoms with E-state index in [4.69, 9.17) is 11.6 Å². The number of nitrogens with one attached hydrogen (secondary N) is 1. The first kappa shape index (κ1) is 22.7. The molecule has 1 N–H and O–H groups in total. The van der Waals surface area contributed by atoms with Crippen molar-refractivity contribution in [2.75, 3.05) is 0 Å². The lowest BCUT2D eigenvalue weighted by atomic mass is 10.2. The minimum atomic E-state index is -4.09. The fraction of sp³-hybridized carbons (Fsp3) is 0.125. The molecule has 168 valence electrons. The van der Waals surface area contributed by atoms with Gasteiger partial charge in [-0.25, -0.2) is 13.4 Å². The van der Waals surface area contributed by atoms with E-state index in [1.165, 1.54) is 29.0 Å². The van der Waals surface area contributed by atoms with Gasteiger partial charge in [-0.15, -0.1) is 0 Å². The van der Waals surface area contributed by atoms with E-state index >= 15 is 0 Å². The van der Waals surface area contributed by atoms with E-state index in [0.717, 1.165) is 5.56 Å². The van der Waals surface area contributed by atoms with Crippen molar-refractivity contribution in [2.24, 2.45) is 0 Å². The third-order valence-corrected chi connectivity index (χ3v) is 7.10. The Bertz CT molecular complexity index is 1500. The normalized spacial score (nSPS) is 11.5. The molecule has 0 saturated carbocycles. The van der Waals surface area contributed by atoms with E-state index in [2.05, 4.69) is 10.3 Å². The summed E-state index contributed by atoms with van der Waals surface area (Å²) >= 11 is 5.89. The van der Waals surface area contributed by atoms with Crippen molar-refractivity contribution in [3.63, 3.8) is 0 Å². The van der Waals surface area contributed by atoms with E-state index in [1.807, 2.05) is 0 Å². The average Bonchev–Trinajstić information content (AvgIpc) is 2.81. The van der Waals surface area contributed by atoms with Crippen LogP contribution in [0.1, 0.15) is 11.3 Å². The van der Waals surface area contributed by atoms with E-state index in [1.54, 1.807) is 55.5 Å². The van der Waals surface area contributed by atoms with Crippen LogP contribution in [0.3, 0.4) is 0 Å². The van der Waals surface area contributed by atoms with Gasteiger partial charge in [-0.1, -0.05) is 41.9 Å². The highest BCUT2D eigenvalue weighted by Gasteiger charge is 2.24. The minimum absolute atomic E-state index is 0.000241. The Morgan fingerprint density at radius 3 is 2.42 bits per heavy atom. The number of hydrogen-bond acceptors (Lipinski definition) is 5. The molecule has 2 heterocycles. The molecule has 9 heteroatoms. The number of nitrogens with zero attached hydrogens (tertiary/aromatic N) is 2. The maximum absolute atomic E-state index is 13.2. The molecule has 0 aliphatic heterocycles. The maximum atomic E-state index is 13.2. The van der Waals surface area contributed by atoms with Crippen molar-refractivity contribution >= 4 is 38.4 Å². The Morgan fingerprint density at radius 2 is 1.73 bits per heavy atom. The molecule has 2 aromatic carbocycles. The third kappa shape index (κ3) is 4.81. The van der Waals surface area contributed by atoms with Gasteiger partial charge in [-0.05, 0) is 48.9 Å². The number of rotatable bonds is 6. The Labute approximate surface area is 195 Å². The Balaban J connectivity index is 1.73. The second-order valence-electron chi connectivity index (χ2n) is 7.49. The summed E-state index contributed by atoms with van der Waals surface area (Å²) in [5.74, 6) is -0.360. The number of aromatic nitrogens is 2. The summed E-state index contributed by atoms with van der Waals surface area (Å²) in [4.78, 5) is 29.8. The van der Waals surface area contributed by atoms with Crippen LogP contribution in [0.2, 0.25) is 5.02 Å². The van der Waals surface area contributed by atoms with Crippen LogP contribution >= 0.6 is 11.6 Å². The lowest BCUT2D eigenvalue weighted by Gasteiger charge is -2.14. The number of halogens is 1. The number of benzene rings is 2. The molecule has 7 nitrogen and oxygen atoms in total. The first-order chi connectivity index (χ1) is 15.8. The highest BCUT2D eigenvalue weighted by molar-refractivity contribution is 7.91. The SMILES string of the molecule is Cc1ccc2c(=O)c(S(=O)(=O)c3ccccc3)cn(CC(=O)NCc3ccc(Cl)cc3)c2n1. The van der Waals surface area contributed by atoms with Gasteiger partial charge in [0.2, 0.25) is 21.2 Å². The minimum Gasteiger partial charge on any atom is -0.350 e. The molecule has 4 aromatic rings. The quantitative estimate of drug-likeness (QED) is 0.454. The monoisotopic (exact) mass is 481 g/mol. The van der Waals surface area contributed by atoms with Gasteiger partial charge in [0.15, 0.2) is 0 Å². The van der Waals surface area contributed by atoms with Crippen molar-refractivity contribution in [3.8, 4) is 0 Å². The third-order valence-electron chi connectivity index (χ3n) is 5.09. The molecule has 0 spiro atoms. The molecule has 0 aliphatic rings. The maximum Gasteiger partial charge on any atom is 0.240 e. The van der Waals surface area contributed by atoms with Crippen molar-refractivity contribution < 1.29 is 13.2 Å². The topological polar surface area (TPSA) is 98.1 Å². The van der Waals surface area contributed by atoms with E-state index < -0.39 is 20.2 Å². The summed E-state index contributed by atoms with van der Waals surface area (Å²) in [5, 5.41) is 3.52. The van der Waals surface area contributed by atoms with Crippen LogP contribution in [0.5, 0.6) is 0 Å². The zero-order chi connectivity index (χ0) is 23.6. The van der Waals surface area contributed by atoms with Crippen LogP contribution in [0.25, 0.3) is 11.0 Å². The summed E-state index contributed by atoms with van der Waals surface area (Å²) in [7, 11) is -4.09. The van der Waals surface area contributed by atoms with Crippen molar-refractivity contribution in [2.45, 2.75) is 29.8 Å². The molecule has 0 bridgehead atoms. The molecule has 0 radical (unpaired) electrons. The lowest BCUT2D eigenvalue weighted by Crippen LogP contribution is -2.29.